The lowest BCUT2D eigenvalue weighted by Gasteiger charge is -2.05. The number of phenolic OH excluding ortho intramolecular Hbond substituents is 2. The molecule has 0 spiro atoms. The van der Waals surface area contributed by atoms with Crippen LogP contribution in [-0.4, -0.2) is 16.4 Å². The van der Waals surface area contributed by atoms with Gasteiger partial charge in [0.05, 0.1) is 0 Å². The van der Waals surface area contributed by atoms with Gasteiger partial charge in [-0.05, 0) is 29.7 Å². The third kappa shape index (κ3) is 2.69. The van der Waals surface area contributed by atoms with E-state index in [4.69, 9.17) is 11.6 Å². The first-order chi connectivity index (χ1) is 10.1. The summed E-state index contributed by atoms with van der Waals surface area (Å²) in [6.45, 7) is 0. The first kappa shape index (κ1) is 13.5. The molecule has 3 aromatic rings. The SMILES string of the molecule is Oc1cc(Cl)ccc1C=Nc1c(O)ccc2ccccc12. The molecule has 3 nitrogen and oxygen atoms in total. The van der Waals surface area contributed by atoms with E-state index in [2.05, 4.69) is 4.99 Å². The molecule has 4 heteroatoms. The lowest BCUT2D eigenvalue weighted by Crippen LogP contribution is -1.83. The number of fused-ring (bicyclic) bond motifs is 1. The minimum atomic E-state index is 0.0472. The zero-order valence-electron chi connectivity index (χ0n) is 11.0. The van der Waals surface area contributed by atoms with Crippen molar-refractivity contribution < 1.29 is 10.2 Å². The maximum atomic E-state index is 10.0. The van der Waals surface area contributed by atoms with E-state index in [-0.39, 0.29) is 11.5 Å². The van der Waals surface area contributed by atoms with Gasteiger partial charge in [-0.1, -0.05) is 41.9 Å². The highest BCUT2D eigenvalue weighted by Gasteiger charge is 2.05. The molecule has 0 aliphatic heterocycles. The van der Waals surface area contributed by atoms with Gasteiger partial charge in [-0.15, -0.1) is 0 Å². The zero-order chi connectivity index (χ0) is 14.8. The number of benzene rings is 3. The monoisotopic (exact) mass is 297 g/mol. The number of hydrogen-bond donors (Lipinski definition) is 2. The van der Waals surface area contributed by atoms with Gasteiger partial charge in [0.2, 0.25) is 0 Å². The van der Waals surface area contributed by atoms with Crippen molar-refractivity contribution in [2.24, 2.45) is 4.99 Å². The molecule has 3 rings (SSSR count). The van der Waals surface area contributed by atoms with Crippen LogP contribution in [0.4, 0.5) is 5.69 Å². The lowest BCUT2D eigenvalue weighted by atomic mass is 10.1. The third-order valence-electron chi connectivity index (χ3n) is 3.20. The lowest BCUT2D eigenvalue weighted by molar-refractivity contribution is 0.474. The Labute approximate surface area is 126 Å². The molecule has 0 radical (unpaired) electrons. The number of rotatable bonds is 2. The van der Waals surface area contributed by atoms with Crippen molar-refractivity contribution in [3.05, 3.63) is 65.2 Å². The molecule has 0 unspecified atom stereocenters. The maximum absolute atomic E-state index is 10.0. The van der Waals surface area contributed by atoms with E-state index in [0.29, 0.717) is 16.3 Å². The second kappa shape index (κ2) is 5.46. The Morgan fingerprint density at radius 2 is 1.71 bits per heavy atom. The smallest absolute Gasteiger partial charge is 0.141 e. The predicted octanol–water partition coefficient (Wildman–Crippen LogP) is 4.66. The van der Waals surface area contributed by atoms with E-state index in [1.165, 1.54) is 12.3 Å². The van der Waals surface area contributed by atoms with Gasteiger partial charge in [-0.25, -0.2) is 0 Å². The summed E-state index contributed by atoms with van der Waals surface area (Å²) in [7, 11) is 0. The quantitative estimate of drug-likeness (QED) is 0.676. The van der Waals surface area contributed by atoms with E-state index in [1.54, 1.807) is 18.2 Å². The molecule has 21 heavy (non-hydrogen) atoms. The van der Waals surface area contributed by atoms with Gasteiger partial charge in [0.1, 0.15) is 17.2 Å². The van der Waals surface area contributed by atoms with Crippen LogP contribution in [0.1, 0.15) is 5.56 Å². The molecule has 0 aromatic heterocycles. The molecule has 0 saturated carbocycles. The van der Waals surface area contributed by atoms with Crippen molar-refractivity contribution in [1.29, 1.82) is 0 Å². The van der Waals surface area contributed by atoms with E-state index in [9.17, 15) is 10.2 Å². The van der Waals surface area contributed by atoms with E-state index in [1.807, 2.05) is 30.3 Å². The van der Waals surface area contributed by atoms with Gasteiger partial charge in [-0.3, -0.25) is 4.99 Å². The number of aliphatic imine (C=N–C) groups is 1. The Morgan fingerprint density at radius 3 is 2.52 bits per heavy atom. The Hall–Kier alpha value is -2.52. The highest BCUT2D eigenvalue weighted by atomic mass is 35.5. The fraction of sp³-hybridized carbons (Fsp3) is 0. The number of halogens is 1. The van der Waals surface area contributed by atoms with Gasteiger partial charge >= 0.3 is 0 Å². The fourth-order valence-electron chi connectivity index (χ4n) is 2.14. The molecule has 0 amide bonds. The van der Waals surface area contributed by atoms with Crippen LogP contribution < -0.4 is 0 Å². The first-order valence-corrected chi connectivity index (χ1v) is 6.76. The summed E-state index contributed by atoms with van der Waals surface area (Å²) in [6.07, 6.45) is 1.51. The highest BCUT2D eigenvalue weighted by molar-refractivity contribution is 6.30. The van der Waals surface area contributed by atoms with Gasteiger partial charge in [0.15, 0.2) is 0 Å². The van der Waals surface area contributed by atoms with Gasteiger partial charge in [0, 0.05) is 22.2 Å². The van der Waals surface area contributed by atoms with E-state index >= 15 is 0 Å². The van der Waals surface area contributed by atoms with Crippen molar-refractivity contribution in [2.75, 3.05) is 0 Å². The van der Waals surface area contributed by atoms with Crippen LogP contribution in [0.5, 0.6) is 11.5 Å². The largest absolute Gasteiger partial charge is 0.507 e. The number of hydrogen-bond acceptors (Lipinski definition) is 3. The van der Waals surface area contributed by atoms with Crippen LogP contribution >= 0.6 is 11.6 Å². The molecule has 104 valence electrons. The predicted molar refractivity (Wildman–Crippen MR) is 86.0 cm³/mol. The minimum Gasteiger partial charge on any atom is -0.507 e. The molecule has 0 aliphatic rings. The Morgan fingerprint density at radius 1 is 0.905 bits per heavy atom. The van der Waals surface area contributed by atoms with Crippen molar-refractivity contribution in [3.63, 3.8) is 0 Å². The van der Waals surface area contributed by atoms with E-state index in [0.717, 1.165) is 10.8 Å². The molecule has 0 atom stereocenters. The van der Waals surface area contributed by atoms with Crippen molar-refractivity contribution in [3.8, 4) is 11.5 Å². The van der Waals surface area contributed by atoms with Crippen LogP contribution in [0.3, 0.4) is 0 Å². The molecule has 3 aromatic carbocycles. The molecular weight excluding hydrogens is 286 g/mol. The van der Waals surface area contributed by atoms with Crippen LogP contribution in [0.15, 0.2) is 59.6 Å². The fourth-order valence-corrected chi connectivity index (χ4v) is 2.31. The minimum absolute atomic E-state index is 0.0472. The van der Waals surface area contributed by atoms with Gasteiger partial charge < -0.3 is 10.2 Å². The van der Waals surface area contributed by atoms with Crippen molar-refractivity contribution in [1.82, 2.24) is 0 Å². The van der Waals surface area contributed by atoms with Crippen LogP contribution in [0.2, 0.25) is 5.02 Å². The molecular formula is C17H12ClNO2. The number of nitrogens with zero attached hydrogens (tertiary/aromatic N) is 1. The summed E-state index contributed by atoms with van der Waals surface area (Å²) in [5.41, 5.74) is 1.01. The van der Waals surface area contributed by atoms with Crippen LogP contribution in [0, 0.1) is 0 Å². The topological polar surface area (TPSA) is 52.8 Å². The number of aromatic hydroxyl groups is 2. The Balaban J connectivity index is 2.09. The summed E-state index contributed by atoms with van der Waals surface area (Å²) in [5, 5.41) is 22.1. The average molecular weight is 298 g/mol. The standard InChI is InChI=1S/C17H12ClNO2/c18-13-7-5-12(16(21)9-13)10-19-17-14-4-2-1-3-11(14)6-8-15(17)20/h1-10,20-21H. The molecule has 0 saturated heterocycles. The second-order valence-electron chi connectivity index (χ2n) is 4.62. The van der Waals surface area contributed by atoms with Gasteiger partial charge in [0.25, 0.3) is 0 Å². The summed E-state index contributed by atoms with van der Waals surface area (Å²) in [4.78, 5) is 4.32. The highest BCUT2D eigenvalue weighted by Crippen LogP contribution is 2.35. The normalized spacial score (nSPS) is 11.3. The second-order valence-corrected chi connectivity index (χ2v) is 5.05. The van der Waals surface area contributed by atoms with Gasteiger partial charge in [-0.2, -0.15) is 0 Å². The third-order valence-corrected chi connectivity index (χ3v) is 3.44. The molecule has 0 fully saturated rings. The van der Waals surface area contributed by atoms with Crippen molar-refractivity contribution in [2.45, 2.75) is 0 Å². The van der Waals surface area contributed by atoms with Crippen LogP contribution in [-0.2, 0) is 0 Å². The maximum Gasteiger partial charge on any atom is 0.141 e. The Kier molecular flexibility index (Phi) is 3.50. The zero-order valence-corrected chi connectivity index (χ0v) is 11.7. The first-order valence-electron chi connectivity index (χ1n) is 6.38. The summed E-state index contributed by atoms with van der Waals surface area (Å²) in [6, 6.07) is 15.9. The van der Waals surface area contributed by atoms with E-state index < -0.39 is 0 Å². The number of phenols is 2. The molecule has 0 aliphatic carbocycles. The Bertz CT molecular complexity index is 843. The summed E-state index contributed by atoms with van der Waals surface area (Å²) in [5.74, 6) is 0.143. The molecule has 0 bridgehead atoms. The molecule has 0 heterocycles. The molecule has 2 N–H and O–H groups in total. The summed E-state index contributed by atoms with van der Waals surface area (Å²) >= 11 is 5.79. The van der Waals surface area contributed by atoms with Crippen LogP contribution in [0.25, 0.3) is 10.8 Å². The summed E-state index contributed by atoms with van der Waals surface area (Å²) < 4.78 is 0. The van der Waals surface area contributed by atoms with Crippen molar-refractivity contribution >= 4 is 34.3 Å². The average Bonchev–Trinajstić information content (AvgIpc) is 2.48.